The molecule has 2 aromatic heterocycles. The minimum Gasteiger partial charge on any atom is -0.387 e. The number of aliphatic hydroxyl groups is 1. The molecule has 86 valence electrons. The van der Waals surface area contributed by atoms with Crippen LogP contribution in [0.4, 0.5) is 0 Å². The quantitative estimate of drug-likeness (QED) is 0.941. The Morgan fingerprint density at radius 3 is 3.00 bits per heavy atom. The van der Waals surface area contributed by atoms with Crippen molar-refractivity contribution in [3.8, 4) is 0 Å². The normalized spacial score (nSPS) is 12.9. The third-order valence-electron chi connectivity index (χ3n) is 2.24. The predicted octanol–water partition coefficient (Wildman–Crippen LogP) is 3.20. The van der Waals surface area contributed by atoms with Gasteiger partial charge >= 0.3 is 0 Å². The highest BCUT2D eigenvalue weighted by Crippen LogP contribution is 2.28. The van der Waals surface area contributed by atoms with Crippen molar-refractivity contribution in [2.45, 2.75) is 25.9 Å². The van der Waals surface area contributed by atoms with Crippen LogP contribution >= 0.6 is 38.8 Å². The maximum Gasteiger partial charge on any atom is 0.0965 e. The lowest BCUT2D eigenvalue weighted by Crippen LogP contribution is -2.01. The van der Waals surface area contributed by atoms with Crippen LogP contribution in [0.25, 0.3) is 0 Å². The molecule has 0 aliphatic carbocycles. The van der Waals surface area contributed by atoms with Gasteiger partial charge in [0.15, 0.2) is 0 Å². The van der Waals surface area contributed by atoms with Gasteiger partial charge in [0.2, 0.25) is 0 Å². The maximum absolute atomic E-state index is 10.1. The summed E-state index contributed by atoms with van der Waals surface area (Å²) < 4.78 is 4.95. The molecule has 0 bridgehead atoms. The predicted molar refractivity (Wildman–Crippen MR) is 70.0 cm³/mol. The maximum atomic E-state index is 10.1. The summed E-state index contributed by atoms with van der Waals surface area (Å²) in [6.07, 6.45) is 0.963. The van der Waals surface area contributed by atoms with E-state index in [2.05, 4.69) is 25.5 Å². The summed E-state index contributed by atoms with van der Waals surface area (Å²) in [7, 11) is 0. The van der Waals surface area contributed by atoms with E-state index in [0.29, 0.717) is 6.42 Å². The molecule has 2 rings (SSSR count). The van der Waals surface area contributed by atoms with E-state index in [1.165, 1.54) is 11.5 Å². The topological polar surface area (TPSA) is 46.0 Å². The van der Waals surface area contributed by atoms with Gasteiger partial charge in [-0.1, -0.05) is 11.4 Å². The minimum absolute atomic E-state index is 0.486. The average Bonchev–Trinajstić information content (AvgIpc) is 2.86. The number of hydrogen-bond acceptors (Lipinski definition) is 5. The number of rotatable bonds is 4. The molecule has 1 atom stereocenters. The lowest BCUT2D eigenvalue weighted by molar-refractivity contribution is 0.182. The molecule has 2 heterocycles. The van der Waals surface area contributed by atoms with Crippen LogP contribution in [0.3, 0.4) is 0 Å². The molecule has 0 saturated carbocycles. The summed E-state index contributed by atoms with van der Waals surface area (Å²) in [5.74, 6) is 0. The van der Waals surface area contributed by atoms with E-state index < -0.39 is 6.10 Å². The summed E-state index contributed by atoms with van der Waals surface area (Å²) >= 11 is 6.34. The smallest absolute Gasteiger partial charge is 0.0965 e. The number of halogens is 1. The Kier molecular flexibility index (Phi) is 4.07. The number of hydrogen-bond donors (Lipinski definition) is 1. The van der Waals surface area contributed by atoms with Crippen molar-refractivity contribution < 1.29 is 5.11 Å². The summed E-state index contributed by atoms with van der Waals surface area (Å²) in [4.78, 5) is 2.06. The molecule has 16 heavy (non-hydrogen) atoms. The lowest BCUT2D eigenvalue weighted by Gasteiger charge is -2.07. The van der Waals surface area contributed by atoms with E-state index in [-0.39, 0.29) is 0 Å². The number of thiophene rings is 1. The number of nitrogens with zero attached hydrogens (tertiary/aromatic N) is 2. The van der Waals surface area contributed by atoms with Crippen LogP contribution in [0.15, 0.2) is 15.9 Å². The van der Waals surface area contributed by atoms with Gasteiger partial charge in [-0.3, -0.25) is 0 Å². The van der Waals surface area contributed by atoms with E-state index in [4.69, 9.17) is 0 Å². The summed E-state index contributed by atoms with van der Waals surface area (Å²) in [6, 6.07) is 2.04. The van der Waals surface area contributed by atoms with Crippen molar-refractivity contribution in [3.05, 3.63) is 31.4 Å². The van der Waals surface area contributed by atoms with Crippen molar-refractivity contribution in [1.82, 2.24) is 9.59 Å². The Balaban J connectivity index is 2.11. The van der Waals surface area contributed by atoms with Crippen LogP contribution in [0.1, 0.15) is 28.5 Å². The van der Waals surface area contributed by atoms with Crippen molar-refractivity contribution in [2.24, 2.45) is 0 Å². The SMILES string of the molecule is CCc1nnsc1C(O)Cc1cc(Br)cs1. The van der Waals surface area contributed by atoms with E-state index >= 15 is 0 Å². The second-order valence-corrected chi connectivity index (χ2v) is 6.09. The first-order chi connectivity index (χ1) is 7.70. The fourth-order valence-corrected chi connectivity index (χ4v) is 3.67. The Labute approximate surface area is 110 Å². The van der Waals surface area contributed by atoms with E-state index in [0.717, 1.165) is 26.3 Å². The lowest BCUT2D eigenvalue weighted by atomic mass is 10.1. The fourth-order valence-electron chi connectivity index (χ4n) is 1.46. The van der Waals surface area contributed by atoms with Gasteiger partial charge in [0.05, 0.1) is 16.7 Å². The third-order valence-corrected chi connectivity index (χ3v) is 4.83. The van der Waals surface area contributed by atoms with Gasteiger partial charge in [-0.15, -0.1) is 16.4 Å². The van der Waals surface area contributed by atoms with Crippen LogP contribution in [-0.2, 0) is 12.8 Å². The van der Waals surface area contributed by atoms with Crippen LogP contribution < -0.4 is 0 Å². The number of aromatic nitrogens is 2. The second kappa shape index (κ2) is 5.35. The molecule has 6 heteroatoms. The largest absolute Gasteiger partial charge is 0.387 e. The standard InChI is InChI=1S/C10H11BrN2OS2/c1-2-8-10(16-13-12-8)9(14)4-7-3-6(11)5-15-7/h3,5,9,14H,2,4H2,1H3. The van der Waals surface area contributed by atoms with Crippen LogP contribution in [0, 0.1) is 0 Å². The van der Waals surface area contributed by atoms with Crippen molar-refractivity contribution in [1.29, 1.82) is 0 Å². The van der Waals surface area contributed by atoms with Crippen LogP contribution in [0.2, 0.25) is 0 Å². The molecule has 0 fully saturated rings. The Bertz CT molecular complexity index is 469. The molecule has 3 nitrogen and oxygen atoms in total. The van der Waals surface area contributed by atoms with Gasteiger partial charge < -0.3 is 5.11 Å². The highest BCUT2D eigenvalue weighted by atomic mass is 79.9. The fraction of sp³-hybridized carbons (Fsp3) is 0.400. The van der Waals surface area contributed by atoms with Crippen molar-refractivity contribution in [3.63, 3.8) is 0 Å². The van der Waals surface area contributed by atoms with E-state index in [1.54, 1.807) is 11.3 Å². The molecule has 0 radical (unpaired) electrons. The van der Waals surface area contributed by atoms with Gasteiger partial charge in [0.1, 0.15) is 0 Å². The first-order valence-electron chi connectivity index (χ1n) is 4.92. The zero-order chi connectivity index (χ0) is 11.5. The van der Waals surface area contributed by atoms with E-state index in [9.17, 15) is 5.11 Å². The molecule has 2 aromatic rings. The molecule has 0 aliphatic rings. The van der Waals surface area contributed by atoms with Crippen molar-refractivity contribution >= 4 is 38.8 Å². The van der Waals surface area contributed by atoms with Gasteiger partial charge in [0.25, 0.3) is 0 Å². The summed E-state index contributed by atoms with van der Waals surface area (Å²) in [6.45, 7) is 2.02. The molecule has 0 amide bonds. The van der Waals surface area contributed by atoms with Gasteiger partial charge in [-0.05, 0) is 39.9 Å². The highest BCUT2D eigenvalue weighted by molar-refractivity contribution is 9.10. The summed E-state index contributed by atoms with van der Waals surface area (Å²) in [5, 5.41) is 16.1. The van der Waals surface area contributed by atoms with Crippen LogP contribution in [0.5, 0.6) is 0 Å². The van der Waals surface area contributed by atoms with Gasteiger partial charge in [-0.2, -0.15) is 0 Å². The van der Waals surface area contributed by atoms with E-state index in [1.807, 2.05) is 18.4 Å². The molecule has 1 unspecified atom stereocenters. The Morgan fingerprint density at radius 2 is 2.38 bits per heavy atom. The van der Waals surface area contributed by atoms with Crippen molar-refractivity contribution in [2.75, 3.05) is 0 Å². The van der Waals surface area contributed by atoms with Gasteiger partial charge in [0, 0.05) is 21.2 Å². The monoisotopic (exact) mass is 318 g/mol. The first-order valence-corrected chi connectivity index (χ1v) is 7.37. The molecule has 0 aromatic carbocycles. The Hall–Kier alpha value is -0.300. The number of aryl methyl sites for hydroxylation is 1. The molecule has 0 aliphatic heterocycles. The zero-order valence-electron chi connectivity index (χ0n) is 8.68. The number of aliphatic hydroxyl groups excluding tert-OH is 1. The minimum atomic E-state index is -0.486. The second-order valence-electron chi connectivity index (χ2n) is 3.39. The molecule has 0 spiro atoms. The first kappa shape index (κ1) is 12.2. The molecular weight excluding hydrogens is 308 g/mol. The van der Waals surface area contributed by atoms with Crippen LogP contribution in [-0.4, -0.2) is 14.7 Å². The average molecular weight is 319 g/mol. The Morgan fingerprint density at radius 1 is 1.56 bits per heavy atom. The summed E-state index contributed by atoms with van der Waals surface area (Å²) in [5.41, 5.74) is 0.910. The molecular formula is C10H11BrN2OS2. The zero-order valence-corrected chi connectivity index (χ0v) is 11.9. The molecule has 1 N–H and O–H groups in total. The van der Waals surface area contributed by atoms with Gasteiger partial charge in [-0.25, -0.2) is 0 Å². The third kappa shape index (κ3) is 2.68. The molecule has 0 saturated heterocycles. The highest BCUT2D eigenvalue weighted by Gasteiger charge is 2.17.